The Morgan fingerprint density at radius 2 is 1.19 bits per heavy atom. The highest BCUT2D eigenvalue weighted by Gasteiger charge is 2.79. The molecular formula is C22H12ClF6N3. The lowest BCUT2D eigenvalue weighted by molar-refractivity contribution is -0.292. The summed E-state index contributed by atoms with van der Waals surface area (Å²) >= 11 is 5.88. The molecule has 5 rings (SSSR count). The summed E-state index contributed by atoms with van der Waals surface area (Å²) in [6.45, 7) is 0. The zero-order valence-corrected chi connectivity index (χ0v) is 16.7. The Labute approximate surface area is 183 Å². The standard InChI is InChI=1S/C22H12ClF6N3/c23-14-11-9-13(10-12-14)19-30-20(21(24,25)26,22(27,28)29)32-18-8-4-2-6-16(18)15-5-1-3-7-17(15)31(19)32/h1-12H. The fraction of sp³-hybridized carbons (Fsp3) is 0.136. The van der Waals surface area contributed by atoms with Gasteiger partial charge in [0.25, 0.3) is 0 Å². The van der Waals surface area contributed by atoms with E-state index < -0.39 is 23.9 Å². The predicted molar refractivity (Wildman–Crippen MR) is 110 cm³/mol. The van der Waals surface area contributed by atoms with Crippen molar-refractivity contribution in [3.8, 4) is 11.1 Å². The number of amidine groups is 1. The lowest BCUT2D eigenvalue weighted by Crippen LogP contribution is -2.68. The molecule has 2 aliphatic rings. The number of para-hydroxylation sites is 2. The highest BCUT2D eigenvalue weighted by Crippen LogP contribution is 2.58. The van der Waals surface area contributed by atoms with Crippen LogP contribution >= 0.6 is 11.6 Å². The third-order valence-electron chi connectivity index (χ3n) is 5.42. The molecule has 0 atom stereocenters. The average Bonchev–Trinajstić information content (AvgIpc) is 3.13. The number of hydrazine groups is 1. The summed E-state index contributed by atoms with van der Waals surface area (Å²) in [7, 11) is 0. The predicted octanol–water partition coefficient (Wildman–Crippen LogP) is 6.83. The Bertz CT molecular complexity index is 1220. The zero-order valence-electron chi connectivity index (χ0n) is 15.9. The number of nitrogens with zero attached hydrogens (tertiary/aromatic N) is 3. The second-order valence-corrected chi connectivity index (χ2v) is 7.70. The van der Waals surface area contributed by atoms with Crippen LogP contribution in [0.1, 0.15) is 5.56 Å². The van der Waals surface area contributed by atoms with Crippen LogP contribution in [0.2, 0.25) is 5.02 Å². The molecule has 2 aliphatic heterocycles. The van der Waals surface area contributed by atoms with Gasteiger partial charge in [-0.05, 0) is 36.4 Å². The Hall–Kier alpha value is -3.20. The number of anilines is 2. The molecule has 0 fully saturated rings. The van der Waals surface area contributed by atoms with Gasteiger partial charge in [0, 0.05) is 21.7 Å². The maximum Gasteiger partial charge on any atom is 0.443 e. The van der Waals surface area contributed by atoms with Crippen LogP contribution in [-0.2, 0) is 0 Å². The third kappa shape index (κ3) is 2.67. The van der Waals surface area contributed by atoms with E-state index in [4.69, 9.17) is 11.6 Å². The number of fused-ring (bicyclic) bond motifs is 6. The monoisotopic (exact) mass is 467 g/mol. The van der Waals surface area contributed by atoms with E-state index in [2.05, 4.69) is 4.99 Å². The minimum absolute atomic E-state index is 0.0592. The van der Waals surface area contributed by atoms with Crippen LogP contribution in [0.3, 0.4) is 0 Å². The average molecular weight is 468 g/mol. The third-order valence-corrected chi connectivity index (χ3v) is 5.67. The summed E-state index contributed by atoms with van der Waals surface area (Å²) in [6, 6.07) is 17.4. The van der Waals surface area contributed by atoms with Crippen molar-refractivity contribution in [3.63, 3.8) is 0 Å². The summed E-state index contributed by atoms with van der Waals surface area (Å²) in [6.07, 6.45) is -11.6. The van der Waals surface area contributed by atoms with E-state index in [-0.39, 0.29) is 32.5 Å². The molecule has 10 heteroatoms. The number of rotatable bonds is 1. The fourth-order valence-electron chi connectivity index (χ4n) is 4.08. The highest BCUT2D eigenvalue weighted by atomic mass is 35.5. The smallest absolute Gasteiger partial charge is 0.234 e. The molecule has 2 heterocycles. The molecule has 0 unspecified atom stereocenters. The summed E-state index contributed by atoms with van der Waals surface area (Å²) < 4.78 is 86.3. The topological polar surface area (TPSA) is 18.8 Å². The van der Waals surface area contributed by atoms with E-state index in [0.29, 0.717) is 5.56 Å². The molecule has 0 amide bonds. The SMILES string of the molecule is FC(F)(F)C1(C(F)(F)F)N=C(c2ccc(Cl)cc2)N2c3ccccc3-c3ccccc3N21. The molecule has 0 spiro atoms. The van der Waals surface area contributed by atoms with Crippen molar-refractivity contribution < 1.29 is 26.3 Å². The van der Waals surface area contributed by atoms with Gasteiger partial charge in [-0.1, -0.05) is 48.0 Å². The van der Waals surface area contributed by atoms with Crippen molar-refractivity contribution in [2.24, 2.45) is 4.99 Å². The largest absolute Gasteiger partial charge is 0.443 e. The first-order valence-electron chi connectivity index (χ1n) is 9.34. The van der Waals surface area contributed by atoms with Crippen molar-refractivity contribution in [3.05, 3.63) is 83.4 Å². The van der Waals surface area contributed by atoms with Crippen molar-refractivity contribution in [2.45, 2.75) is 18.0 Å². The van der Waals surface area contributed by atoms with Crippen LogP contribution in [-0.4, -0.2) is 23.9 Å². The van der Waals surface area contributed by atoms with Crippen LogP contribution in [0.5, 0.6) is 0 Å². The Morgan fingerprint density at radius 1 is 0.688 bits per heavy atom. The van der Waals surface area contributed by atoms with Crippen LogP contribution in [0, 0.1) is 0 Å². The van der Waals surface area contributed by atoms with E-state index in [1.54, 1.807) is 24.3 Å². The highest BCUT2D eigenvalue weighted by molar-refractivity contribution is 6.30. The molecule has 0 aromatic heterocycles. The zero-order chi connectivity index (χ0) is 22.9. The summed E-state index contributed by atoms with van der Waals surface area (Å²) in [5.74, 6) is -0.488. The normalized spacial score (nSPS) is 16.9. The first kappa shape index (κ1) is 20.7. The Morgan fingerprint density at radius 3 is 1.75 bits per heavy atom. The van der Waals surface area contributed by atoms with Gasteiger partial charge in [0.15, 0.2) is 5.84 Å². The Kier molecular flexibility index (Phi) is 4.30. The molecule has 0 bridgehead atoms. The number of aliphatic imine (C=N–C) groups is 1. The molecule has 164 valence electrons. The van der Waals surface area contributed by atoms with Crippen molar-refractivity contribution in [1.29, 1.82) is 0 Å². The van der Waals surface area contributed by atoms with Gasteiger partial charge >= 0.3 is 18.0 Å². The molecule has 32 heavy (non-hydrogen) atoms. The van der Waals surface area contributed by atoms with E-state index in [9.17, 15) is 26.3 Å². The lowest BCUT2D eigenvalue weighted by atomic mass is 9.96. The maximum atomic E-state index is 14.4. The summed E-state index contributed by atoms with van der Waals surface area (Å²) in [5, 5.41) is 1.38. The summed E-state index contributed by atoms with van der Waals surface area (Å²) in [4.78, 5) is 3.38. The fourth-order valence-corrected chi connectivity index (χ4v) is 4.20. The van der Waals surface area contributed by atoms with Gasteiger partial charge < -0.3 is 0 Å². The second-order valence-electron chi connectivity index (χ2n) is 7.27. The van der Waals surface area contributed by atoms with Gasteiger partial charge in [-0.3, -0.25) is 0 Å². The van der Waals surface area contributed by atoms with E-state index >= 15 is 0 Å². The van der Waals surface area contributed by atoms with Crippen molar-refractivity contribution >= 4 is 28.8 Å². The van der Waals surface area contributed by atoms with Gasteiger partial charge in [-0.2, -0.15) is 26.3 Å². The van der Waals surface area contributed by atoms with Gasteiger partial charge in [0.05, 0.1) is 11.4 Å². The lowest BCUT2D eigenvalue weighted by Gasteiger charge is -2.46. The first-order valence-corrected chi connectivity index (χ1v) is 9.72. The van der Waals surface area contributed by atoms with Crippen LogP contribution in [0.15, 0.2) is 77.8 Å². The van der Waals surface area contributed by atoms with E-state index in [1.807, 2.05) is 0 Å². The molecule has 0 aliphatic carbocycles. The molecule has 0 saturated heterocycles. The number of hydrogen-bond acceptors (Lipinski definition) is 3. The second kappa shape index (κ2) is 6.65. The molecule has 0 N–H and O–H groups in total. The molecule has 0 radical (unpaired) electrons. The van der Waals surface area contributed by atoms with E-state index in [1.165, 1.54) is 48.5 Å². The number of halogens is 7. The van der Waals surface area contributed by atoms with Gasteiger partial charge in [0.2, 0.25) is 0 Å². The molecular weight excluding hydrogens is 456 g/mol. The molecule has 3 nitrogen and oxygen atoms in total. The molecule has 3 aromatic rings. The number of alkyl halides is 6. The number of benzene rings is 3. The van der Waals surface area contributed by atoms with Crippen LogP contribution in [0.4, 0.5) is 37.7 Å². The van der Waals surface area contributed by atoms with Gasteiger partial charge in [-0.25, -0.2) is 15.0 Å². The van der Waals surface area contributed by atoms with Crippen molar-refractivity contribution in [1.82, 2.24) is 0 Å². The maximum absolute atomic E-state index is 14.4. The minimum atomic E-state index is -5.78. The van der Waals surface area contributed by atoms with E-state index in [0.717, 1.165) is 5.01 Å². The first-order chi connectivity index (χ1) is 15.1. The Balaban J connectivity index is 1.90. The molecule has 3 aromatic carbocycles. The van der Waals surface area contributed by atoms with Gasteiger partial charge in [-0.15, -0.1) is 0 Å². The van der Waals surface area contributed by atoms with Crippen molar-refractivity contribution in [2.75, 3.05) is 10.0 Å². The van der Waals surface area contributed by atoms with Gasteiger partial charge in [0.1, 0.15) is 0 Å². The molecule has 0 saturated carbocycles. The van der Waals surface area contributed by atoms with Crippen LogP contribution in [0.25, 0.3) is 11.1 Å². The summed E-state index contributed by atoms with van der Waals surface area (Å²) in [5.41, 5.74) is -3.84. The van der Waals surface area contributed by atoms with Crippen LogP contribution < -0.4 is 10.0 Å². The minimum Gasteiger partial charge on any atom is -0.234 e. The quantitative estimate of drug-likeness (QED) is 0.365. The number of hydrogen-bond donors (Lipinski definition) is 0.